The summed E-state index contributed by atoms with van der Waals surface area (Å²) >= 11 is 0. The number of hydrogen-bond acceptors (Lipinski definition) is 6. The molecule has 0 N–H and O–H groups in total. The van der Waals surface area contributed by atoms with Crippen LogP contribution in [0.4, 0.5) is 0 Å². The van der Waals surface area contributed by atoms with Gasteiger partial charge in [-0.2, -0.15) is 0 Å². The van der Waals surface area contributed by atoms with Crippen LogP contribution < -0.4 is 19.6 Å². The lowest BCUT2D eigenvalue weighted by Crippen LogP contribution is -2.10. The molecule has 1 heterocycles. The zero-order valence-electron chi connectivity index (χ0n) is 15.0. The molecule has 3 aromatic rings. The molecule has 138 valence electrons. The Bertz CT molecular complexity index is 1060. The number of benzene rings is 2. The highest BCUT2D eigenvalue weighted by Crippen LogP contribution is 2.32. The summed E-state index contributed by atoms with van der Waals surface area (Å²) in [4.78, 5) is 24.6. The van der Waals surface area contributed by atoms with Crippen LogP contribution in [0, 0.1) is 12.8 Å². The fourth-order valence-corrected chi connectivity index (χ4v) is 2.73. The number of carbonyl (C=O) groups is 1. The lowest BCUT2D eigenvalue weighted by atomic mass is 10.2. The monoisotopic (exact) mass is 366 g/mol. The van der Waals surface area contributed by atoms with E-state index in [1.807, 2.05) is 0 Å². The Morgan fingerprint density at radius 3 is 2.37 bits per heavy atom. The van der Waals surface area contributed by atoms with Gasteiger partial charge in [0.25, 0.3) is 0 Å². The highest BCUT2D eigenvalue weighted by atomic mass is 16.5. The summed E-state index contributed by atoms with van der Waals surface area (Å²) in [5.74, 6) is 1.77. The van der Waals surface area contributed by atoms with Crippen LogP contribution in [0.5, 0.6) is 23.0 Å². The highest BCUT2D eigenvalue weighted by Gasteiger charge is 2.31. The van der Waals surface area contributed by atoms with Crippen molar-refractivity contribution in [2.24, 2.45) is 5.92 Å². The normalized spacial score (nSPS) is 13.4. The Morgan fingerprint density at radius 1 is 1.04 bits per heavy atom. The van der Waals surface area contributed by atoms with Gasteiger partial charge in [0.05, 0.1) is 18.4 Å². The minimum Gasteiger partial charge on any atom is -0.497 e. The number of methoxy groups -OCH3 is 1. The van der Waals surface area contributed by atoms with Crippen molar-refractivity contribution in [3.05, 3.63) is 58.4 Å². The van der Waals surface area contributed by atoms with E-state index in [4.69, 9.17) is 18.6 Å². The predicted octanol–water partition coefficient (Wildman–Crippen LogP) is 4.22. The van der Waals surface area contributed by atoms with E-state index < -0.39 is 0 Å². The summed E-state index contributed by atoms with van der Waals surface area (Å²) in [5.41, 5.74) is 0.0605. The zero-order valence-corrected chi connectivity index (χ0v) is 15.0. The molecule has 0 amide bonds. The van der Waals surface area contributed by atoms with Gasteiger partial charge in [0, 0.05) is 6.07 Å². The second kappa shape index (κ2) is 6.79. The van der Waals surface area contributed by atoms with E-state index in [-0.39, 0.29) is 23.1 Å². The standard InChI is InChI=1S/C21H18O6/c1-12-20(26-15-7-5-14(24-2)6-8-15)19(22)17-10-9-16(11-18(17)25-12)27-21(23)13-3-4-13/h5-11,13H,3-4H2,1-2H3. The zero-order chi connectivity index (χ0) is 19.0. The molecular weight excluding hydrogens is 348 g/mol. The smallest absolute Gasteiger partial charge is 0.314 e. The van der Waals surface area contributed by atoms with E-state index in [2.05, 4.69) is 0 Å². The van der Waals surface area contributed by atoms with Gasteiger partial charge in [0.2, 0.25) is 11.2 Å². The number of fused-ring (bicyclic) bond motifs is 1. The number of rotatable bonds is 5. The molecule has 27 heavy (non-hydrogen) atoms. The van der Waals surface area contributed by atoms with Gasteiger partial charge in [-0.05, 0) is 56.2 Å². The van der Waals surface area contributed by atoms with Crippen molar-refractivity contribution < 1.29 is 23.4 Å². The Morgan fingerprint density at radius 2 is 1.70 bits per heavy atom. The molecular formula is C21H18O6. The van der Waals surface area contributed by atoms with Gasteiger partial charge in [-0.3, -0.25) is 9.59 Å². The molecule has 0 spiro atoms. The minimum atomic E-state index is -0.287. The van der Waals surface area contributed by atoms with Crippen molar-refractivity contribution in [3.8, 4) is 23.0 Å². The van der Waals surface area contributed by atoms with Gasteiger partial charge in [-0.15, -0.1) is 0 Å². The van der Waals surface area contributed by atoms with Gasteiger partial charge in [0.15, 0.2) is 0 Å². The fourth-order valence-electron chi connectivity index (χ4n) is 2.73. The van der Waals surface area contributed by atoms with Crippen LogP contribution >= 0.6 is 0 Å². The van der Waals surface area contributed by atoms with Crippen molar-refractivity contribution in [2.75, 3.05) is 7.11 Å². The van der Waals surface area contributed by atoms with Crippen LogP contribution in [-0.2, 0) is 4.79 Å². The first kappa shape index (κ1) is 17.1. The van der Waals surface area contributed by atoms with E-state index in [1.165, 1.54) is 0 Å². The fraction of sp³-hybridized carbons (Fsp3) is 0.238. The topological polar surface area (TPSA) is 75.0 Å². The average Bonchev–Trinajstić information content (AvgIpc) is 3.51. The van der Waals surface area contributed by atoms with Crippen LogP contribution in [-0.4, -0.2) is 13.1 Å². The Kier molecular flexibility index (Phi) is 4.32. The molecule has 0 atom stereocenters. The molecule has 0 aliphatic heterocycles. The maximum atomic E-state index is 12.8. The van der Waals surface area contributed by atoms with E-state index in [0.717, 1.165) is 12.8 Å². The van der Waals surface area contributed by atoms with Crippen LogP contribution in [0.15, 0.2) is 51.7 Å². The molecule has 6 heteroatoms. The van der Waals surface area contributed by atoms with Crippen molar-refractivity contribution >= 4 is 16.9 Å². The number of aryl methyl sites for hydroxylation is 1. The molecule has 0 bridgehead atoms. The van der Waals surface area contributed by atoms with Crippen molar-refractivity contribution in [2.45, 2.75) is 19.8 Å². The quantitative estimate of drug-likeness (QED) is 0.497. The van der Waals surface area contributed by atoms with Gasteiger partial charge >= 0.3 is 5.97 Å². The minimum absolute atomic E-state index is 0.00489. The molecule has 1 aromatic heterocycles. The third kappa shape index (κ3) is 3.51. The van der Waals surface area contributed by atoms with Crippen molar-refractivity contribution in [1.82, 2.24) is 0 Å². The van der Waals surface area contributed by atoms with Crippen molar-refractivity contribution in [1.29, 1.82) is 0 Å². The average molecular weight is 366 g/mol. The molecule has 1 aliphatic carbocycles. The predicted molar refractivity (Wildman–Crippen MR) is 98.6 cm³/mol. The van der Waals surface area contributed by atoms with E-state index in [1.54, 1.807) is 56.5 Å². The Balaban J connectivity index is 1.65. The van der Waals surface area contributed by atoms with E-state index in [9.17, 15) is 9.59 Å². The maximum absolute atomic E-state index is 12.8. The number of esters is 1. The summed E-state index contributed by atoms with van der Waals surface area (Å²) in [6.45, 7) is 1.66. The molecule has 1 aliphatic rings. The molecule has 0 radical (unpaired) electrons. The third-order valence-corrected chi connectivity index (χ3v) is 4.40. The van der Waals surface area contributed by atoms with Gasteiger partial charge in [-0.1, -0.05) is 0 Å². The highest BCUT2D eigenvalue weighted by molar-refractivity contribution is 5.82. The van der Waals surface area contributed by atoms with E-state index in [0.29, 0.717) is 34.0 Å². The summed E-state index contributed by atoms with van der Waals surface area (Å²) in [5, 5.41) is 0.357. The molecule has 0 unspecified atom stereocenters. The first-order valence-electron chi connectivity index (χ1n) is 8.66. The second-order valence-electron chi connectivity index (χ2n) is 6.45. The molecule has 4 rings (SSSR count). The summed E-state index contributed by atoms with van der Waals surface area (Å²) in [6.07, 6.45) is 1.74. The van der Waals surface area contributed by atoms with Crippen LogP contribution in [0.25, 0.3) is 11.0 Å². The first-order chi connectivity index (χ1) is 13.0. The summed E-state index contributed by atoms with van der Waals surface area (Å²) in [7, 11) is 1.58. The third-order valence-electron chi connectivity index (χ3n) is 4.40. The largest absolute Gasteiger partial charge is 0.497 e. The van der Waals surface area contributed by atoms with Gasteiger partial charge in [-0.25, -0.2) is 0 Å². The number of ether oxygens (including phenoxy) is 3. The number of hydrogen-bond donors (Lipinski definition) is 0. The Labute approximate surface area is 155 Å². The van der Waals surface area contributed by atoms with Crippen molar-refractivity contribution in [3.63, 3.8) is 0 Å². The second-order valence-corrected chi connectivity index (χ2v) is 6.45. The van der Waals surface area contributed by atoms with Crippen LogP contribution in [0.1, 0.15) is 18.6 Å². The summed E-state index contributed by atoms with van der Waals surface area (Å²) < 4.78 is 21.9. The lowest BCUT2D eigenvalue weighted by molar-refractivity contribution is -0.135. The molecule has 6 nitrogen and oxygen atoms in total. The van der Waals surface area contributed by atoms with Gasteiger partial charge < -0.3 is 18.6 Å². The maximum Gasteiger partial charge on any atom is 0.314 e. The lowest BCUT2D eigenvalue weighted by Gasteiger charge is -2.10. The Hall–Kier alpha value is -3.28. The first-order valence-corrected chi connectivity index (χ1v) is 8.66. The van der Waals surface area contributed by atoms with Crippen LogP contribution in [0.3, 0.4) is 0 Å². The van der Waals surface area contributed by atoms with Crippen LogP contribution in [0.2, 0.25) is 0 Å². The molecule has 2 aromatic carbocycles. The number of carbonyl (C=O) groups excluding carboxylic acids is 1. The molecule has 0 saturated heterocycles. The molecule has 1 fully saturated rings. The van der Waals surface area contributed by atoms with Gasteiger partial charge in [0.1, 0.15) is 28.6 Å². The molecule has 1 saturated carbocycles. The van der Waals surface area contributed by atoms with E-state index >= 15 is 0 Å². The summed E-state index contributed by atoms with van der Waals surface area (Å²) in [6, 6.07) is 11.6. The SMILES string of the molecule is COc1ccc(Oc2c(C)oc3cc(OC(=O)C4CC4)ccc3c2=O)cc1.